The Bertz CT molecular complexity index is 286. The van der Waals surface area contributed by atoms with Gasteiger partial charge in [0.05, 0.1) is 6.61 Å². The number of carbonyl (C=O) groups excluding carboxylic acids is 1. The van der Waals surface area contributed by atoms with Crippen LogP contribution in [0.4, 0.5) is 0 Å². The Kier molecular flexibility index (Phi) is 7.96. The highest BCUT2D eigenvalue weighted by Crippen LogP contribution is 2.42. The van der Waals surface area contributed by atoms with Crippen molar-refractivity contribution in [1.82, 2.24) is 0 Å². The van der Waals surface area contributed by atoms with Gasteiger partial charge in [-0.1, -0.05) is 27.2 Å². The van der Waals surface area contributed by atoms with E-state index >= 15 is 0 Å². The van der Waals surface area contributed by atoms with Crippen LogP contribution in [0.5, 0.6) is 0 Å². The predicted molar refractivity (Wildman–Crippen MR) is 85.2 cm³/mol. The SMILES string of the molecule is CCOC(=O)COCCCC1CCCC1SC(C)(C)C. The molecule has 3 nitrogen and oxygen atoms in total. The number of carbonyl (C=O) groups is 1. The lowest BCUT2D eigenvalue weighted by atomic mass is 10.0. The van der Waals surface area contributed by atoms with E-state index in [1.54, 1.807) is 0 Å². The molecule has 0 aromatic carbocycles. The molecule has 1 fully saturated rings. The molecule has 2 unspecified atom stereocenters. The molecule has 118 valence electrons. The standard InChI is InChI=1S/C16H30O3S/c1-5-19-15(17)12-18-11-7-9-13-8-6-10-14(13)20-16(2,3)4/h13-14H,5-12H2,1-4H3. The lowest BCUT2D eigenvalue weighted by Crippen LogP contribution is -2.19. The van der Waals surface area contributed by atoms with Crippen LogP contribution in [0.15, 0.2) is 0 Å². The van der Waals surface area contributed by atoms with Crippen LogP contribution in [0.2, 0.25) is 0 Å². The molecule has 0 heterocycles. The number of hydrogen-bond donors (Lipinski definition) is 0. The van der Waals surface area contributed by atoms with Crippen molar-refractivity contribution in [2.75, 3.05) is 19.8 Å². The molecule has 0 saturated heterocycles. The third-order valence-corrected chi connectivity index (χ3v) is 5.11. The summed E-state index contributed by atoms with van der Waals surface area (Å²) < 4.78 is 10.5. The van der Waals surface area contributed by atoms with E-state index in [9.17, 15) is 4.79 Å². The first-order chi connectivity index (χ1) is 9.42. The van der Waals surface area contributed by atoms with Gasteiger partial charge in [-0.15, -0.1) is 0 Å². The summed E-state index contributed by atoms with van der Waals surface area (Å²) >= 11 is 2.13. The second kappa shape index (κ2) is 8.93. The molecule has 0 amide bonds. The third-order valence-electron chi connectivity index (χ3n) is 3.48. The highest BCUT2D eigenvalue weighted by atomic mass is 32.2. The monoisotopic (exact) mass is 302 g/mol. The van der Waals surface area contributed by atoms with E-state index < -0.39 is 0 Å². The Labute approximate surface area is 128 Å². The van der Waals surface area contributed by atoms with Crippen LogP contribution in [0, 0.1) is 5.92 Å². The van der Waals surface area contributed by atoms with E-state index in [1.807, 2.05) is 6.92 Å². The minimum Gasteiger partial charge on any atom is -0.464 e. The molecule has 0 aliphatic heterocycles. The van der Waals surface area contributed by atoms with Gasteiger partial charge in [0, 0.05) is 16.6 Å². The molecule has 0 radical (unpaired) electrons. The maximum absolute atomic E-state index is 11.1. The van der Waals surface area contributed by atoms with E-state index in [4.69, 9.17) is 9.47 Å². The van der Waals surface area contributed by atoms with Gasteiger partial charge in [0.25, 0.3) is 0 Å². The van der Waals surface area contributed by atoms with Crippen LogP contribution in [0.3, 0.4) is 0 Å². The van der Waals surface area contributed by atoms with E-state index in [-0.39, 0.29) is 12.6 Å². The zero-order chi connectivity index (χ0) is 15.0. The zero-order valence-electron chi connectivity index (χ0n) is 13.4. The summed E-state index contributed by atoms with van der Waals surface area (Å²) in [6, 6.07) is 0. The van der Waals surface area contributed by atoms with Crippen LogP contribution in [-0.2, 0) is 14.3 Å². The molecule has 0 N–H and O–H groups in total. The summed E-state index contributed by atoms with van der Waals surface area (Å²) in [7, 11) is 0. The number of ether oxygens (including phenoxy) is 2. The Morgan fingerprint density at radius 2 is 2.05 bits per heavy atom. The average molecular weight is 302 g/mol. The summed E-state index contributed by atoms with van der Waals surface area (Å²) in [6.07, 6.45) is 6.34. The minimum atomic E-state index is -0.255. The van der Waals surface area contributed by atoms with Crippen molar-refractivity contribution >= 4 is 17.7 Å². The first-order valence-electron chi connectivity index (χ1n) is 7.83. The minimum absolute atomic E-state index is 0.0959. The molecule has 2 atom stereocenters. The normalized spacial score (nSPS) is 23.0. The van der Waals surface area contributed by atoms with Gasteiger partial charge in [-0.3, -0.25) is 0 Å². The highest BCUT2D eigenvalue weighted by molar-refractivity contribution is 8.01. The maximum Gasteiger partial charge on any atom is 0.332 e. The van der Waals surface area contributed by atoms with Crippen LogP contribution in [-0.4, -0.2) is 35.8 Å². The molecule has 0 aromatic heterocycles. The van der Waals surface area contributed by atoms with Crippen LogP contribution >= 0.6 is 11.8 Å². The molecule has 20 heavy (non-hydrogen) atoms. The first-order valence-corrected chi connectivity index (χ1v) is 8.71. The van der Waals surface area contributed by atoms with Gasteiger partial charge < -0.3 is 9.47 Å². The van der Waals surface area contributed by atoms with Crippen LogP contribution in [0.25, 0.3) is 0 Å². The van der Waals surface area contributed by atoms with Crippen molar-refractivity contribution in [2.45, 2.75) is 69.8 Å². The lowest BCUT2D eigenvalue weighted by Gasteiger charge is -2.27. The summed E-state index contributed by atoms with van der Waals surface area (Å²) in [5.74, 6) is 0.569. The second-order valence-corrected chi connectivity index (χ2v) is 8.53. The Morgan fingerprint density at radius 3 is 2.70 bits per heavy atom. The quantitative estimate of drug-likeness (QED) is 0.500. The van der Waals surface area contributed by atoms with E-state index in [0.717, 1.165) is 17.6 Å². The average Bonchev–Trinajstić information content (AvgIpc) is 2.74. The third kappa shape index (κ3) is 7.53. The predicted octanol–water partition coefficient (Wildman–Crippen LogP) is 4.05. The van der Waals surface area contributed by atoms with Crippen molar-refractivity contribution in [3.63, 3.8) is 0 Å². The molecular weight excluding hydrogens is 272 g/mol. The van der Waals surface area contributed by atoms with Crippen LogP contribution < -0.4 is 0 Å². The van der Waals surface area contributed by atoms with Crippen molar-refractivity contribution in [2.24, 2.45) is 5.92 Å². The summed E-state index contributed by atoms with van der Waals surface area (Å²) in [6.45, 7) is 9.91. The first kappa shape index (κ1) is 17.8. The largest absolute Gasteiger partial charge is 0.464 e. The fourth-order valence-corrected chi connectivity index (χ4v) is 4.41. The zero-order valence-corrected chi connectivity index (χ0v) is 14.3. The molecule has 1 aliphatic carbocycles. The molecule has 1 aliphatic rings. The summed E-state index contributed by atoms with van der Waals surface area (Å²) in [5, 5.41) is 0.806. The second-order valence-electron chi connectivity index (χ2n) is 6.46. The summed E-state index contributed by atoms with van der Waals surface area (Å²) in [5.41, 5.74) is 0. The topological polar surface area (TPSA) is 35.5 Å². The Hall–Kier alpha value is -0.220. The number of rotatable bonds is 8. The number of esters is 1. The number of thioether (sulfide) groups is 1. The van der Waals surface area contributed by atoms with Gasteiger partial charge >= 0.3 is 5.97 Å². The molecule has 1 saturated carbocycles. The van der Waals surface area contributed by atoms with Crippen molar-refractivity contribution in [1.29, 1.82) is 0 Å². The lowest BCUT2D eigenvalue weighted by molar-refractivity contribution is -0.148. The van der Waals surface area contributed by atoms with E-state index in [2.05, 4.69) is 32.5 Å². The summed E-state index contributed by atoms with van der Waals surface area (Å²) in [4.78, 5) is 11.1. The van der Waals surface area contributed by atoms with E-state index in [1.165, 1.54) is 25.7 Å². The molecular formula is C16H30O3S. The molecule has 1 rings (SSSR count). The fourth-order valence-electron chi connectivity index (χ4n) is 2.75. The van der Waals surface area contributed by atoms with Gasteiger partial charge in [-0.2, -0.15) is 11.8 Å². The van der Waals surface area contributed by atoms with E-state index in [0.29, 0.717) is 18.0 Å². The molecule has 0 aromatic rings. The van der Waals surface area contributed by atoms with Crippen molar-refractivity contribution < 1.29 is 14.3 Å². The van der Waals surface area contributed by atoms with Crippen LogP contribution in [0.1, 0.15) is 59.8 Å². The van der Waals surface area contributed by atoms with Crippen molar-refractivity contribution in [3.05, 3.63) is 0 Å². The van der Waals surface area contributed by atoms with Gasteiger partial charge in [0.2, 0.25) is 0 Å². The molecule has 4 heteroatoms. The van der Waals surface area contributed by atoms with Crippen molar-refractivity contribution in [3.8, 4) is 0 Å². The highest BCUT2D eigenvalue weighted by Gasteiger charge is 2.30. The molecule has 0 spiro atoms. The fraction of sp³-hybridized carbons (Fsp3) is 0.938. The van der Waals surface area contributed by atoms with Gasteiger partial charge in [0.1, 0.15) is 6.61 Å². The Morgan fingerprint density at radius 1 is 1.30 bits per heavy atom. The van der Waals surface area contributed by atoms with Gasteiger partial charge in [-0.05, 0) is 38.5 Å². The van der Waals surface area contributed by atoms with Gasteiger partial charge in [0.15, 0.2) is 0 Å². The maximum atomic E-state index is 11.1. The molecule has 0 bridgehead atoms. The van der Waals surface area contributed by atoms with Gasteiger partial charge in [-0.25, -0.2) is 4.79 Å². The smallest absolute Gasteiger partial charge is 0.332 e. The number of hydrogen-bond acceptors (Lipinski definition) is 4. The Balaban J connectivity index is 2.13.